The molecule has 0 radical (unpaired) electrons. The van der Waals surface area contributed by atoms with E-state index in [0.29, 0.717) is 37.6 Å². The van der Waals surface area contributed by atoms with E-state index >= 15 is 0 Å². The van der Waals surface area contributed by atoms with E-state index < -0.39 is 27.3 Å². The maximum atomic E-state index is 14.4. The number of anilines is 1. The molecule has 13 heteroatoms. The molecule has 1 N–H and O–H groups in total. The molecule has 0 aromatic heterocycles. The molecule has 0 amide bonds. The van der Waals surface area contributed by atoms with Crippen molar-refractivity contribution in [3.63, 3.8) is 0 Å². The highest BCUT2D eigenvalue weighted by atomic mass is 127. The third-order valence-electron chi connectivity index (χ3n) is 11.9. The van der Waals surface area contributed by atoms with Crippen LogP contribution in [0.3, 0.4) is 0 Å². The fourth-order valence-electron chi connectivity index (χ4n) is 8.17. The van der Waals surface area contributed by atoms with Crippen LogP contribution in [0.2, 0.25) is 5.02 Å². The highest BCUT2D eigenvalue weighted by molar-refractivity contribution is 14.1. The summed E-state index contributed by atoms with van der Waals surface area (Å²) in [6.45, 7) is 6.63. The number of allylic oxidation sites excluding steroid dienone is 1. The maximum absolute atomic E-state index is 14.4. The minimum absolute atomic E-state index is 0.00351. The van der Waals surface area contributed by atoms with Gasteiger partial charge in [-0.3, -0.25) is 9.69 Å². The smallest absolute Gasteiger partial charge is 0.324 e. The monoisotopic (exact) mass is 969 g/mol. The molecule has 6 rings (SSSR count). The molecule has 10 nitrogen and oxygen atoms in total. The quantitative estimate of drug-likeness (QED) is 0.0868. The molecule has 0 bridgehead atoms. The number of carboxylic acids is 1. The fourth-order valence-corrected chi connectivity index (χ4v) is 10.7. The lowest BCUT2D eigenvalue weighted by Gasteiger charge is -2.35. The van der Waals surface area contributed by atoms with Crippen LogP contribution in [0.15, 0.2) is 97.1 Å². The van der Waals surface area contributed by atoms with Gasteiger partial charge in [0.25, 0.3) is 0 Å². The van der Waals surface area contributed by atoms with E-state index in [-0.39, 0.29) is 25.0 Å². The molecule has 2 heterocycles. The van der Waals surface area contributed by atoms with Crippen LogP contribution >= 0.6 is 34.2 Å². The average molecular weight is 970 g/mol. The summed E-state index contributed by atoms with van der Waals surface area (Å²) in [5.74, 6) is 1.00. The van der Waals surface area contributed by atoms with Crippen molar-refractivity contribution in [1.29, 1.82) is 0 Å². The van der Waals surface area contributed by atoms with Gasteiger partial charge in [0.2, 0.25) is 10.0 Å². The highest BCUT2D eigenvalue weighted by Crippen LogP contribution is 2.35. The van der Waals surface area contributed by atoms with E-state index in [2.05, 4.69) is 50.6 Å². The fraction of sp³-hybridized carbons (Fsp3) is 0.426. The molecular formula is C47H57ClIN3O7S. The molecule has 1 fully saturated rings. The maximum Gasteiger partial charge on any atom is 0.324 e. The van der Waals surface area contributed by atoms with Crippen LogP contribution in [0.25, 0.3) is 0 Å². The van der Waals surface area contributed by atoms with Crippen LogP contribution in [-0.2, 0) is 40.9 Å². The van der Waals surface area contributed by atoms with Crippen molar-refractivity contribution in [3.8, 4) is 17.2 Å². The molecule has 2 aliphatic rings. The predicted octanol–water partition coefficient (Wildman–Crippen LogP) is 9.60. The molecule has 4 atom stereocenters. The van der Waals surface area contributed by atoms with Crippen LogP contribution in [0.1, 0.15) is 68.2 Å². The van der Waals surface area contributed by atoms with E-state index in [1.807, 2.05) is 79.7 Å². The van der Waals surface area contributed by atoms with Crippen LogP contribution in [0, 0.1) is 9.49 Å². The van der Waals surface area contributed by atoms with E-state index in [0.717, 1.165) is 75.4 Å². The van der Waals surface area contributed by atoms with Gasteiger partial charge >= 0.3 is 5.97 Å². The van der Waals surface area contributed by atoms with Gasteiger partial charge in [-0.1, -0.05) is 61.0 Å². The summed E-state index contributed by atoms with van der Waals surface area (Å²) in [6, 6.07) is 26.3. The van der Waals surface area contributed by atoms with Crippen LogP contribution < -0.4 is 19.1 Å². The topological polar surface area (TPSA) is 109 Å². The summed E-state index contributed by atoms with van der Waals surface area (Å²) in [5.41, 5.74) is 5.05. The number of rotatable bonds is 16. The first-order valence-electron chi connectivity index (χ1n) is 20.7. The Morgan fingerprint density at radius 2 is 1.58 bits per heavy atom. The number of nitrogens with zero attached hydrogens (tertiary/aromatic N) is 3. The van der Waals surface area contributed by atoms with Crippen molar-refractivity contribution in [1.82, 2.24) is 9.21 Å². The molecule has 60 heavy (non-hydrogen) atoms. The number of sulfonamides is 1. The number of benzene rings is 4. The summed E-state index contributed by atoms with van der Waals surface area (Å²) in [6.07, 6.45) is 8.67. The number of halogens is 2. The average Bonchev–Trinajstić information content (AvgIpc) is 3.69. The first kappa shape index (κ1) is 45.7. The van der Waals surface area contributed by atoms with Crippen LogP contribution in [0.4, 0.5) is 5.69 Å². The second-order valence-electron chi connectivity index (χ2n) is 15.9. The number of carboxylic acid groups (broad SMARTS) is 1. The Balaban J connectivity index is 1.15. The molecule has 1 saturated heterocycles. The third-order valence-corrected chi connectivity index (χ3v) is 15.2. The van der Waals surface area contributed by atoms with Gasteiger partial charge in [0, 0.05) is 40.8 Å². The molecule has 2 aliphatic heterocycles. The van der Waals surface area contributed by atoms with Crippen molar-refractivity contribution in [2.75, 3.05) is 38.8 Å². The highest BCUT2D eigenvalue weighted by Gasteiger charge is 2.36. The van der Waals surface area contributed by atoms with E-state index in [4.69, 9.17) is 25.8 Å². The van der Waals surface area contributed by atoms with Gasteiger partial charge in [-0.25, -0.2) is 8.42 Å². The molecule has 4 aromatic carbocycles. The lowest BCUT2D eigenvalue weighted by atomic mass is 10.0. The van der Waals surface area contributed by atoms with Gasteiger partial charge in [0.05, 0.1) is 25.2 Å². The number of carbonyl (C=O) groups is 1. The Kier molecular flexibility index (Phi) is 16.2. The number of aryl methyl sites for hydroxylation is 1. The van der Waals surface area contributed by atoms with E-state index in [9.17, 15) is 18.3 Å². The van der Waals surface area contributed by atoms with Crippen molar-refractivity contribution in [3.05, 3.63) is 128 Å². The zero-order chi connectivity index (χ0) is 42.8. The predicted molar refractivity (Wildman–Crippen MR) is 248 cm³/mol. The number of ether oxygens (including phenoxy) is 3. The van der Waals surface area contributed by atoms with Gasteiger partial charge in [-0.05, 0) is 157 Å². The van der Waals surface area contributed by atoms with Crippen LogP contribution in [0.5, 0.6) is 17.2 Å². The lowest BCUT2D eigenvalue weighted by Crippen LogP contribution is -2.48. The van der Waals surface area contributed by atoms with Gasteiger partial charge < -0.3 is 24.2 Å². The standard InChI is InChI=1S/C47H57ClIN3O7S/c1-33(34(2)60(55,56)51(29-35-13-20-42(57-3)21-14-35)30-36-15-22-43(58-4)23-16-36)9-7-12-44(47(53)54)52-26-8-11-41(52)31-50-25-6-5-10-37-27-39(48)18-17-38(37)32-59-46-24-19-40(49)28-45(46)50/h7,12-24,27-28,33-34,41,44H,5-6,8-11,25-26,29-32H2,1-4H3,(H,53,54)/b12-7+/t33-,34+,41-,44?/m0/s1. The van der Waals surface area contributed by atoms with Gasteiger partial charge in [0.15, 0.2) is 0 Å². The molecule has 322 valence electrons. The number of hydrogen-bond acceptors (Lipinski definition) is 8. The Labute approximate surface area is 374 Å². The molecule has 4 aromatic rings. The molecule has 0 spiro atoms. The molecule has 1 unspecified atom stereocenters. The second kappa shape index (κ2) is 21.3. The zero-order valence-electron chi connectivity index (χ0n) is 34.9. The summed E-state index contributed by atoms with van der Waals surface area (Å²) < 4.78 is 48.5. The normalized spacial score (nSPS) is 17.9. The van der Waals surface area contributed by atoms with Crippen molar-refractivity contribution >= 4 is 55.9 Å². The number of aliphatic carboxylic acids is 1. The van der Waals surface area contributed by atoms with Gasteiger partial charge in [-0.2, -0.15) is 4.31 Å². The molecular weight excluding hydrogens is 913 g/mol. The zero-order valence-corrected chi connectivity index (χ0v) is 38.7. The Morgan fingerprint density at radius 1 is 0.917 bits per heavy atom. The minimum Gasteiger partial charge on any atom is -0.497 e. The Hall–Kier alpha value is -3.82. The van der Waals surface area contributed by atoms with E-state index in [1.165, 1.54) is 9.87 Å². The summed E-state index contributed by atoms with van der Waals surface area (Å²) in [7, 11) is -0.607. The lowest BCUT2D eigenvalue weighted by molar-refractivity contribution is -0.141. The minimum atomic E-state index is -3.81. The third kappa shape index (κ3) is 11.8. The largest absolute Gasteiger partial charge is 0.497 e. The molecule has 0 aliphatic carbocycles. The molecule has 0 saturated carbocycles. The summed E-state index contributed by atoms with van der Waals surface area (Å²) in [4.78, 5) is 17.4. The SMILES string of the molecule is COc1ccc(CN(Cc2ccc(OC)cc2)S(=O)(=O)[C@H](C)[C@@H](C)C/C=C/C(C(=O)O)N2CCC[C@H]2CN2CCCCc3cc(Cl)ccc3COc3ccc(I)cc32)cc1. The number of likely N-dealkylation sites (tertiary alicyclic amines) is 1. The van der Waals surface area contributed by atoms with Crippen molar-refractivity contribution < 1.29 is 32.5 Å². The number of fused-ring (bicyclic) bond motifs is 2. The van der Waals surface area contributed by atoms with Crippen molar-refractivity contribution in [2.24, 2.45) is 5.92 Å². The van der Waals surface area contributed by atoms with Gasteiger partial charge in [-0.15, -0.1) is 0 Å². The summed E-state index contributed by atoms with van der Waals surface area (Å²) in [5, 5.41) is 10.6. The summed E-state index contributed by atoms with van der Waals surface area (Å²) >= 11 is 8.71. The Bertz CT molecular complexity index is 2140. The first-order valence-corrected chi connectivity index (χ1v) is 23.7. The second-order valence-corrected chi connectivity index (χ2v) is 19.9. The number of hydrogen-bond donors (Lipinski definition) is 1. The number of methoxy groups -OCH3 is 2. The van der Waals surface area contributed by atoms with E-state index in [1.54, 1.807) is 27.2 Å². The first-order chi connectivity index (χ1) is 28.9. The van der Waals surface area contributed by atoms with Gasteiger partial charge in [0.1, 0.15) is 29.9 Å². The van der Waals surface area contributed by atoms with Crippen LogP contribution in [-0.4, -0.2) is 79.9 Å². The van der Waals surface area contributed by atoms with Crippen molar-refractivity contribution in [2.45, 2.75) is 89.4 Å². The Morgan fingerprint density at radius 3 is 2.22 bits per heavy atom.